The van der Waals surface area contributed by atoms with Crippen molar-refractivity contribution >= 4 is 5.57 Å². The molecule has 86 valence electrons. The second-order valence-electron chi connectivity index (χ2n) is 3.70. The van der Waals surface area contributed by atoms with Gasteiger partial charge in [0.25, 0.3) is 0 Å². The van der Waals surface area contributed by atoms with Crippen molar-refractivity contribution in [3.8, 4) is 0 Å². The first kappa shape index (κ1) is 13.0. The minimum Gasteiger partial charge on any atom is -0.0991 e. The van der Waals surface area contributed by atoms with Crippen LogP contribution in [0.2, 0.25) is 0 Å². The van der Waals surface area contributed by atoms with Crippen molar-refractivity contribution in [2.45, 2.75) is 6.92 Å². The van der Waals surface area contributed by atoms with Crippen LogP contribution in [0, 0.1) is 0 Å². The standard InChI is InChI=1S/C17H18/c1-4-6-8-11-15(3)14-16(5-2)17-12-9-7-10-13-17/h4-14H,1-2H2,3H3/b8-6-,15-11+,16-14+. The number of hydrogen-bond donors (Lipinski definition) is 0. The molecule has 0 unspecified atom stereocenters. The smallest absolute Gasteiger partial charge is 0.0184 e. The van der Waals surface area contributed by atoms with Crippen molar-refractivity contribution < 1.29 is 0 Å². The highest BCUT2D eigenvalue weighted by Gasteiger charge is 1.95. The number of benzene rings is 1. The van der Waals surface area contributed by atoms with E-state index in [9.17, 15) is 0 Å². The summed E-state index contributed by atoms with van der Waals surface area (Å²) < 4.78 is 0. The van der Waals surface area contributed by atoms with Gasteiger partial charge in [0.2, 0.25) is 0 Å². The molecule has 0 radical (unpaired) electrons. The molecule has 0 nitrogen and oxygen atoms in total. The predicted molar refractivity (Wildman–Crippen MR) is 77.7 cm³/mol. The molecule has 0 aliphatic carbocycles. The average molecular weight is 222 g/mol. The third kappa shape index (κ3) is 4.52. The lowest BCUT2D eigenvalue weighted by Crippen LogP contribution is -1.80. The normalized spacial score (nSPS) is 12.8. The third-order valence-corrected chi connectivity index (χ3v) is 2.32. The van der Waals surface area contributed by atoms with Crippen LogP contribution in [-0.4, -0.2) is 0 Å². The summed E-state index contributed by atoms with van der Waals surface area (Å²) in [4.78, 5) is 0. The first-order valence-corrected chi connectivity index (χ1v) is 5.63. The first-order valence-electron chi connectivity index (χ1n) is 5.63. The zero-order valence-corrected chi connectivity index (χ0v) is 10.3. The van der Waals surface area contributed by atoms with Crippen LogP contribution in [0.1, 0.15) is 12.5 Å². The number of allylic oxidation sites excluding steroid dienone is 8. The highest BCUT2D eigenvalue weighted by molar-refractivity contribution is 5.75. The Kier molecular flexibility index (Phi) is 5.53. The lowest BCUT2D eigenvalue weighted by atomic mass is 10.0. The van der Waals surface area contributed by atoms with Gasteiger partial charge in [0.1, 0.15) is 0 Å². The summed E-state index contributed by atoms with van der Waals surface area (Å²) in [6, 6.07) is 10.2. The second kappa shape index (κ2) is 7.24. The van der Waals surface area contributed by atoms with Crippen molar-refractivity contribution in [3.63, 3.8) is 0 Å². The molecule has 0 aromatic heterocycles. The van der Waals surface area contributed by atoms with E-state index in [1.165, 1.54) is 11.1 Å². The summed E-state index contributed by atoms with van der Waals surface area (Å²) >= 11 is 0. The Morgan fingerprint density at radius 3 is 2.35 bits per heavy atom. The van der Waals surface area contributed by atoms with Gasteiger partial charge < -0.3 is 0 Å². The molecular weight excluding hydrogens is 204 g/mol. The van der Waals surface area contributed by atoms with Crippen LogP contribution < -0.4 is 0 Å². The summed E-state index contributed by atoms with van der Waals surface area (Å²) in [6.45, 7) is 9.56. The topological polar surface area (TPSA) is 0 Å². The van der Waals surface area contributed by atoms with E-state index >= 15 is 0 Å². The maximum Gasteiger partial charge on any atom is -0.0184 e. The summed E-state index contributed by atoms with van der Waals surface area (Å²) in [6.07, 6.45) is 11.7. The Hall–Kier alpha value is -2.08. The maximum absolute atomic E-state index is 3.86. The van der Waals surface area contributed by atoms with Crippen LogP contribution in [-0.2, 0) is 0 Å². The molecule has 0 aliphatic rings. The van der Waals surface area contributed by atoms with Gasteiger partial charge in [-0.25, -0.2) is 0 Å². The zero-order chi connectivity index (χ0) is 12.5. The van der Waals surface area contributed by atoms with E-state index in [0.717, 1.165) is 5.57 Å². The molecule has 0 amide bonds. The van der Waals surface area contributed by atoms with Gasteiger partial charge >= 0.3 is 0 Å². The zero-order valence-electron chi connectivity index (χ0n) is 10.3. The molecule has 17 heavy (non-hydrogen) atoms. The van der Waals surface area contributed by atoms with E-state index in [0.29, 0.717) is 0 Å². The van der Waals surface area contributed by atoms with E-state index in [2.05, 4.69) is 38.3 Å². The molecule has 0 saturated carbocycles. The minimum absolute atomic E-state index is 1.13. The van der Waals surface area contributed by atoms with E-state index in [1.54, 1.807) is 6.08 Å². The maximum atomic E-state index is 3.86. The van der Waals surface area contributed by atoms with Crippen molar-refractivity contribution in [1.29, 1.82) is 0 Å². The quantitative estimate of drug-likeness (QED) is 0.619. The van der Waals surface area contributed by atoms with Gasteiger partial charge in [-0.3, -0.25) is 0 Å². The predicted octanol–water partition coefficient (Wildman–Crippen LogP) is 4.94. The number of rotatable bonds is 5. The van der Waals surface area contributed by atoms with Gasteiger partial charge in [-0.1, -0.05) is 85.5 Å². The van der Waals surface area contributed by atoms with E-state index in [4.69, 9.17) is 0 Å². The molecule has 0 aliphatic heterocycles. The van der Waals surface area contributed by atoms with Crippen molar-refractivity contribution in [2.24, 2.45) is 0 Å². The molecule has 0 heteroatoms. The van der Waals surface area contributed by atoms with Crippen LogP contribution in [0.4, 0.5) is 0 Å². The lowest BCUT2D eigenvalue weighted by molar-refractivity contribution is 1.51. The fraction of sp³-hybridized carbons (Fsp3) is 0.0588. The minimum atomic E-state index is 1.13. The van der Waals surface area contributed by atoms with Crippen LogP contribution in [0.15, 0.2) is 85.5 Å². The summed E-state index contributed by atoms with van der Waals surface area (Å²) in [5, 5.41) is 0. The fourth-order valence-corrected chi connectivity index (χ4v) is 1.47. The molecule has 0 bridgehead atoms. The third-order valence-electron chi connectivity index (χ3n) is 2.32. The molecule has 0 fully saturated rings. The van der Waals surface area contributed by atoms with Crippen molar-refractivity contribution in [3.05, 3.63) is 91.1 Å². The summed E-state index contributed by atoms with van der Waals surface area (Å²) in [5.41, 5.74) is 3.50. The van der Waals surface area contributed by atoms with Crippen molar-refractivity contribution in [1.82, 2.24) is 0 Å². The first-order chi connectivity index (χ1) is 8.27. The van der Waals surface area contributed by atoms with Crippen LogP contribution in [0.25, 0.3) is 5.57 Å². The van der Waals surface area contributed by atoms with Gasteiger partial charge in [0.05, 0.1) is 0 Å². The molecule has 0 saturated heterocycles. The van der Waals surface area contributed by atoms with Crippen molar-refractivity contribution in [2.75, 3.05) is 0 Å². The molecule has 1 aromatic carbocycles. The Balaban J connectivity index is 2.95. The molecular formula is C17H18. The Bertz CT molecular complexity index is 456. The van der Waals surface area contributed by atoms with Gasteiger partial charge in [-0.15, -0.1) is 0 Å². The van der Waals surface area contributed by atoms with Gasteiger partial charge in [-0.2, -0.15) is 0 Å². The van der Waals surface area contributed by atoms with Crippen LogP contribution in [0.5, 0.6) is 0 Å². The highest BCUT2D eigenvalue weighted by Crippen LogP contribution is 2.17. The van der Waals surface area contributed by atoms with Crippen LogP contribution in [0.3, 0.4) is 0 Å². The largest absolute Gasteiger partial charge is 0.0991 e. The SMILES string of the molecule is C=C\C=C/C=C(C)/C=C(\C=C)c1ccccc1. The molecule has 0 spiro atoms. The average Bonchev–Trinajstić information content (AvgIpc) is 2.37. The Morgan fingerprint density at radius 2 is 1.76 bits per heavy atom. The lowest BCUT2D eigenvalue weighted by Gasteiger charge is -2.02. The second-order valence-corrected chi connectivity index (χ2v) is 3.70. The Morgan fingerprint density at radius 1 is 1.06 bits per heavy atom. The van der Waals surface area contributed by atoms with Gasteiger partial charge in [-0.05, 0) is 18.1 Å². The van der Waals surface area contributed by atoms with Gasteiger partial charge in [0, 0.05) is 0 Å². The summed E-state index contributed by atoms with van der Waals surface area (Å²) in [7, 11) is 0. The molecule has 0 N–H and O–H groups in total. The fourth-order valence-electron chi connectivity index (χ4n) is 1.47. The Labute approximate surface area is 104 Å². The van der Waals surface area contributed by atoms with Gasteiger partial charge in [0.15, 0.2) is 0 Å². The monoisotopic (exact) mass is 222 g/mol. The van der Waals surface area contributed by atoms with Crippen LogP contribution >= 0.6 is 0 Å². The molecule has 1 rings (SSSR count). The van der Waals surface area contributed by atoms with E-state index < -0.39 is 0 Å². The summed E-state index contributed by atoms with van der Waals surface area (Å²) in [5.74, 6) is 0. The molecule has 1 aromatic rings. The van der Waals surface area contributed by atoms with E-state index in [-0.39, 0.29) is 0 Å². The number of hydrogen-bond acceptors (Lipinski definition) is 0. The van der Waals surface area contributed by atoms with E-state index in [1.807, 2.05) is 42.5 Å². The molecule has 0 heterocycles. The molecule has 0 atom stereocenters. The highest BCUT2D eigenvalue weighted by atomic mass is 14.0.